The molecule has 3 N–H and O–H groups in total. The van der Waals surface area contributed by atoms with Crippen LogP contribution in [0.3, 0.4) is 0 Å². The van der Waals surface area contributed by atoms with E-state index < -0.39 is 18.2 Å². The monoisotopic (exact) mass is 394 g/mol. The van der Waals surface area contributed by atoms with Gasteiger partial charge >= 0.3 is 5.97 Å². The fraction of sp³-hybridized carbons (Fsp3) is 0.739. The van der Waals surface area contributed by atoms with Crippen molar-refractivity contribution >= 4 is 11.8 Å². The zero-order valence-electron chi connectivity index (χ0n) is 17.9. The van der Waals surface area contributed by atoms with Crippen LogP contribution in [-0.4, -0.2) is 39.3 Å². The molecule has 1 aliphatic rings. The van der Waals surface area contributed by atoms with Crippen LogP contribution in [0.25, 0.3) is 0 Å². The number of carbonyl (C=O) groups is 2. The maximum Gasteiger partial charge on any atom is 0.303 e. The van der Waals surface area contributed by atoms with E-state index >= 15 is 0 Å². The van der Waals surface area contributed by atoms with Crippen LogP contribution in [0.4, 0.5) is 0 Å². The number of aliphatic hydroxyl groups is 2. The molecule has 1 aliphatic carbocycles. The third-order valence-corrected chi connectivity index (χ3v) is 5.74. The molecule has 0 aromatic heterocycles. The maximum absolute atomic E-state index is 12.3. The van der Waals surface area contributed by atoms with Gasteiger partial charge in [0.25, 0.3) is 0 Å². The van der Waals surface area contributed by atoms with Gasteiger partial charge in [0.05, 0.1) is 12.2 Å². The smallest absolute Gasteiger partial charge is 0.303 e. The lowest BCUT2D eigenvalue weighted by molar-refractivity contribution is -0.137. The Hall–Kier alpha value is -1.46. The summed E-state index contributed by atoms with van der Waals surface area (Å²) in [6, 6.07) is 0. The van der Waals surface area contributed by atoms with E-state index in [1.807, 2.05) is 33.8 Å². The van der Waals surface area contributed by atoms with Crippen molar-refractivity contribution in [1.29, 1.82) is 0 Å². The molecule has 4 atom stereocenters. The predicted molar refractivity (Wildman–Crippen MR) is 111 cm³/mol. The van der Waals surface area contributed by atoms with Gasteiger partial charge in [0.2, 0.25) is 0 Å². The highest BCUT2D eigenvalue weighted by Gasteiger charge is 2.39. The van der Waals surface area contributed by atoms with E-state index in [1.165, 1.54) is 5.57 Å². The Morgan fingerprint density at radius 3 is 2.46 bits per heavy atom. The number of carbonyl (C=O) groups excluding carboxylic acids is 1. The van der Waals surface area contributed by atoms with E-state index in [0.29, 0.717) is 12.8 Å². The maximum atomic E-state index is 12.3. The lowest BCUT2D eigenvalue weighted by atomic mass is 9.81. The van der Waals surface area contributed by atoms with Crippen molar-refractivity contribution in [3.63, 3.8) is 0 Å². The van der Waals surface area contributed by atoms with Crippen molar-refractivity contribution < 1.29 is 24.9 Å². The van der Waals surface area contributed by atoms with Gasteiger partial charge < -0.3 is 15.3 Å². The molecule has 0 aliphatic heterocycles. The molecule has 0 amide bonds. The second-order valence-electron chi connectivity index (χ2n) is 9.07. The lowest BCUT2D eigenvalue weighted by Crippen LogP contribution is -2.28. The minimum atomic E-state index is -0.773. The van der Waals surface area contributed by atoms with Crippen molar-refractivity contribution in [2.75, 3.05) is 0 Å². The molecule has 160 valence electrons. The number of aliphatic hydroxyl groups excluding tert-OH is 2. The number of carboxylic acid groups (broad SMARTS) is 1. The molecule has 0 radical (unpaired) electrons. The van der Waals surface area contributed by atoms with E-state index in [4.69, 9.17) is 5.11 Å². The first-order valence-electron chi connectivity index (χ1n) is 10.5. The number of hydrogen-bond donors (Lipinski definition) is 3. The van der Waals surface area contributed by atoms with Crippen LogP contribution < -0.4 is 0 Å². The van der Waals surface area contributed by atoms with Crippen molar-refractivity contribution in [2.24, 2.45) is 17.3 Å². The summed E-state index contributed by atoms with van der Waals surface area (Å²) in [7, 11) is 0. The van der Waals surface area contributed by atoms with Gasteiger partial charge in [0.15, 0.2) is 0 Å². The minimum absolute atomic E-state index is 0.0889. The first-order valence-corrected chi connectivity index (χ1v) is 10.5. The van der Waals surface area contributed by atoms with E-state index in [1.54, 1.807) is 6.08 Å². The Bertz CT molecular complexity index is 572. The first-order chi connectivity index (χ1) is 13.0. The minimum Gasteiger partial charge on any atom is -0.481 e. The fourth-order valence-electron chi connectivity index (χ4n) is 3.67. The Labute approximate surface area is 169 Å². The summed E-state index contributed by atoms with van der Waals surface area (Å²) in [5, 5.41) is 29.5. The second-order valence-corrected chi connectivity index (χ2v) is 9.07. The number of ketones is 1. The number of carboxylic acids is 1. The van der Waals surface area contributed by atoms with Gasteiger partial charge in [-0.05, 0) is 38.5 Å². The summed E-state index contributed by atoms with van der Waals surface area (Å²) in [5.41, 5.74) is 0.894. The van der Waals surface area contributed by atoms with Crippen LogP contribution >= 0.6 is 0 Å². The number of hydrogen-bond acceptors (Lipinski definition) is 4. The van der Waals surface area contributed by atoms with Gasteiger partial charge in [0.1, 0.15) is 5.78 Å². The van der Waals surface area contributed by atoms with Gasteiger partial charge in [-0.3, -0.25) is 9.59 Å². The highest BCUT2D eigenvalue weighted by Crippen LogP contribution is 2.35. The van der Waals surface area contributed by atoms with Crippen molar-refractivity contribution in [3.8, 4) is 0 Å². The topological polar surface area (TPSA) is 94.8 Å². The van der Waals surface area contributed by atoms with Crippen molar-refractivity contribution in [2.45, 2.75) is 91.3 Å². The van der Waals surface area contributed by atoms with Gasteiger partial charge in [-0.15, -0.1) is 0 Å². The SMILES string of the molecule is CC(C)=CCC(C)(C)[C@@H](O)/C=C/[C@H]1[C@H](O)CC(=O)[C@@H]1CCCCCCC(=O)O. The second kappa shape index (κ2) is 11.5. The Morgan fingerprint density at radius 1 is 1.21 bits per heavy atom. The average molecular weight is 395 g/mol. The normalized spacial score (nSPS) is 23.9. The number of unbranched alkanes of at least 4 members (excludes halogenated alkanes) is 3. The molecule has 0 heterocycles. The summed E-state index contributed by atoms with van der Waals surface area (Å²) in [4.78, 5) is 22.8. The molecule has 0 bridgehead atoms. The number of Topliss-reactive ketones (excluding diaryl/α,β-unsaturated/α-hetero) is 1. The van der Waals surface area contributed by atoms with Gasteiger partial charge in [-0.1, -0.05) is 56.9 Å². The largest absolute Gasteiger partial charge is 0.481 e. The molecule has 0 spiro atoms. The molecule has 1 rings (SSSR count). The summed E-state index contributed by atoms with van der Waals surface area (Å²) >= 11 is 0. The van der Waals surface area contributed by atoms with Crippen molar-refractivity contribution in [3.05, 3.63) is 23.8 Å². The molecule has 0 aromatic rings. The predicted octanol–water partition coefficient (Wildman–Crippen LogP) is 4.28. The van der Waals surface area contributed by atoms with E-state index in [9.17, 15) is 19.8 Å². The van der Waals surface area contributed by atoms with Crippen LogP contribution in [0, 0.1) is 17.3 Å². The standard InChI is InChI=1S/C23H38O5/c1-16(2)13-14-23(3,4)21(26)12-11-18-17(19(24)15-20(18)25)9-7-5-6-8-10-22(27)28/h11-13,17-18,20-21,25-26H,5-10,14-15H2,1-4H3,(H,27,28)/b12-11+/t17-,18-,20-,21+/m1/s1. The van der Waals surface area contributed by atoms with E-state index in [2.05, 4.69) is 6.08 Å². The van der Waals surface area contributed by atoms with Crippen LogP contribution in [0.2, 0.25) is 0 Å². The van der Waals surface area contributed by atoms with Gasteiger partial charge in [0, 0.05) is 24.7 Å². The van der Waals surface area contributed by atoms with Gasteiger partial charge in [-0.25, -0.2) is 0 Å². The van der Waals surface area contributed by atoms with Gasteiger partial charge in [-0.2, -0.15) is 0 Å². The highest BCUT2D eigenvalue weighted by atomic mass is 16.4. The average Bonchev–Trinajstić information content (AvgIpc) is 2.86. The summed E-state index contributed by atoms with van der Waals surface area (Å²) in [6.07, 6.45) is 9.41. The van der Waals surface area contributed by atoms with Crippen LogP contribution in [0.5, 0.6) is 0 Å². The summed E-state index contributed by atoms with van der Waals surface area (Å²) in [5.74, 6) is -1.14. The summed E-state index contributed by atoms with van der Waals surface area (Å²) in [6.45, 7) is 8.08. The van der Waals surface area contributed by atoms with Crippen LogP contribution in [-0.2, 0) is 9.59 Å². The third-order valence-electron chi connectivity index (χ3n) is 5.74. The lowest BCUT2D eigenvalue weighted by Gasteiger charge is -2.28. The molecule has 5 nitrogen and oxygen atoms in total. The van der Waals surface area contributed by atoms with Crippen molar-refractivity contribution in [1.82, 2.24) is 0 Å². The molecule has 5 heteroatoms. The molecular weight excluding hydrogens is 356 g/mol. The van der Waals surface area contributed by atoms with Crippen LogP contribution in [0.15, 0.2) is 23.8 Å². The Kier molecular flexibility index (Phi) is 10.1. The Morgan fingerprint density at radius 2 is 1.86 bits per heavy atom. The molecular formula is C23H38O5. The fourth-order valence-corrected chi connectivity index (χ4v) is 3.67. The molecule has 0 saturated heterocycles. The zero-order chi connectivity index (χ0) is 21.3. The summed E-state index contributed by atoms with van der Waals surface area (Å²) < 4.78 is 0. The third kappa shape index (κ3) is 8.27. The Balaban J connectivity index is 2.60. The number of allylic oxidation sites excluding steroid dienone is 2. The molecule has 28 heavy (non-hydrogen) atoms. The first kappa shape index (κ1) is 24.6. The van der Waals surface area contributed by atoms with Crippen LogP contribution in [0.1, 0.15) is 79.1 Å². The molecule has 0 aromatic carbocycles. The molecule has 1 saturated carbocycles. The van der Waals surface area contributed by atoms with E-state index in [-0.39, 0.29) is 35.9 Å². The molecule has 1 fully saturated rings. The van der Waals surface area contributed by atoms with E-state index in [0.717, 1.165) is 25.7 Å². The quantitative estimate of drug-likeness (QED) is 0.339. The molecule has 0 unspecified atom stereocenters. The highest BCUT2D eigenvalue weighted by molar-refractivity contribution is 5.84. The number of rotatable bonds is 12. The zero-order valence-corrected chi connectivity index (χ0v) is 17.9. The number of aliphatic carboxylic acids is 1.